The molecule has 1 N–H and O–H groups in total. The molecule has 1 atom stereocenters. The van der Waals surface area contributed by atoms with Crippen LogP contribution in [0.1, 0.15) is 57.2 Å². The topological polar surface area (TPSA) is 99.5 Å². The molecule has 0 saturated heterocycles. The van der Waals surface area contributed by atoms with E-state index in [1.165, 1.54) is 27.9 Å². The van der Waals surface area contributed by atoms with Crippen LogP contribution in [0.3, 0.4) is 0 Å². The predicted molar refractivity (Wildman–Crippen MR) is 111 cm³/mol. The number of rotatable bonds is 8. The highest BCUT2D eigenvalue weighted by Crippen LogP contribution is 2.35. The van der Waals surface area contributed by atoms with Gasteiger partial charge in [-0.05, 0) is 31.9 Å². The van der Waals surface area contributed by atoms with Gasteiger partial charge in [-0.2, -0.15) is 18.3 Å². The number of methoxy groups -OCH3 is 1. The highest BCUT2D eigenvalue weighted by atomic mass is 32.1. The molecule has 1 unspecified atom stereocenters. The first-order chi connectivity index (χ1) is 14.9. The largest absolute Gasteiger partial charge is 0.465 e. The predicted octanol–water partition coefficient (Wildman–Crippen LogP) is 4.21. The second kappa shape index (κ2) is 10.2. The molecule has 0 radical (unpaired) electrons. The van der Waals surface area contributed by atoms with Crippen LogP contribution in [0.2, 0.25) is 0 Å². The van der Waals surface area contributed by atoms with Crippen molar-refractivity contribution >= 4 is 34.2 Å². The maximum atomic E-state index is 12.9. The van der Waals surface area contributed by atoms with Crippen molar-refractivity contribution in [2.45, 2.75) is 46.8 Å². The van der Waals surface area contributed by atoms with E-state index in [1.807, 2.05) is 6.92 Å². The molecule has 0 fully saturated rings. The zero-order valence-electron chi connectivity index (χ0n) is 18.3. The van der Waals surface area contributed by atoms with Gasteiger partial charge in [-0.15, -0.1) is 11.3 Å². The van der Waals surface area contributed by atoms with Gasteiger partial charge in [0.1, 0.15) is 9.88 Å². The van der Waals surface area contributed by atoms with E-state index in [1.54, 1.807) is 0 Å². The molecule has 12 heteroatoms. The summed E-state index contributed by atoms with van der Waals surface area (Å²) in [6.45, 7) is 6.37. The number of hydrogen-bond acceptors (Lipinski definition) is 7. The molecule has 2 aromatic heterocycles. The molecule has 2 rings (SSSR count). The molecular weight excluding hydrogens is 451 g/mol. The zero-order valence-corrected chi connectivity index (χ0v) is 19.1. The second-order valence-corrected chi connectivity index (χ2v) is 8.15. The van der Waals surface area contributed by atoms with E-state index in [2.05, 4.69) is 10.4 Å². The van der Waals surface area contributed by atoms with Crippen LogP contribution in [0.15, 0.2) is 6.07 Å². The van der Waals surface area contributed by atoms with Crippen LogP contribution in [0.5, 0.6) is 0 Å². The van der Waals surface area contributed by atoms with Gasteiger partial charge in [0.05, 0.1) is 31.7 Å². The van der Waals surface area contributed by atoms with Crippen molar-refractivity contribution in [1.29, 1.82) is 0 Å². The fourth-order valence-corrected chi connectivity index (χ4v) is 3.93. The molecule has 8 nitrogen and oxygen atoms in total. The van der Waals surface area contributed by atoms with Crippen LogP contribution in [0.25, 0.3) is 0 Å². The highest BCUT2D eigenvalue weighted by molar-refractivity contribution is 7.18. The Bertz CT molecular complexity index is 1010. The first kappa shape index (κ1) is 25.4. The number of thiophene rings is 1. The van der Waals surface area contributed by atoms with Crippen molar-refractivity contribution in [2.24, 2.45) is 5.92 Å². The number of carbonyl (C=O) groups excluding carboxylic acids is 3. The van der Waals surface area contributed by atoms with Gasteiger partial charge >= 0.3 is 18.1 Å². The first-order valence-electron chi connectivity index (χ1n) is 9.71. The van der Waals surface area contributed by atoms with E-state index in [4.69, 9.17) is 9.47 Å². The number of nitrogens with one attached hydrogen (secondary N) is 1. The van der Waals surface area contributed by atoms with Gasteiger partial charge in [0.25, 0.3) is 0 Å². The Morgan fingerprint density at radius 2 is 1.91 bits per heavy atom. The zero-order chi connectivity index (χ0) is 24.2. The minimum atomic E-state index is -4.59. The lowest BCUT2D eigenvalue weighted by Crippen LogP contribution is -2.26. The normalized spacial score (nSPS) is 12.4. The maximum absolute atomic E-state index is 12.9. The first-order valence-corrected chi connectivity index (χ1v) is 10.5. The average molecular weight is 475 g/mol. The maximum Gasteiger partial charge on any atom is 0.435 e. The number of esters is 2. The summed E-state index contributed by atoms with van der Waals surface area (Å²) in [5.74, 6) is -2.72. The molecule has 0 aliphatic carbocycles. The van der Waals surface area contributed by atoms with Crippen LogP contribution < -0.4 is 5.32 Å². The Morgan fingerprint density at radius 1 is 1.25 bits per heavy atom. The smallest absolute Gasteiger partial charge is 0.435 e. The summed E-state index contributed by atoms with van der Waals surface area (Å²) in [5, 5.41) is 6.22. The minimum absolute atomic E-state index is 0.0408. The van der Waals surface area contributed by atoms with E-state index in [0.29, 0.717) is 12.0 Å². The number of carbonyl (C=O) groups is 3. The Balaban J connectivity index is 2.27. The van der Waals surface area contributed by atoms with E-state index in [0.717, 1.165) is 22.1 Å². The molecule has 32 heavy (non-hydrogen) atoms. The quantitative estimate of drug-likeness (QED) is 0.575. The lowest BCUT2D eigenvalue weighted by Gasteiger charge is -2.14. The number of alkyl halides is 3. The molecule has 0 bridgehead atoms. The molecule has 1 amide bonds. The van der Waals surface area contributed by atoms with Crippen molar-refractivity contribution in [3.63, 3.8) is 0 Å². The number of amides is 1. The van der Waals surface area contributed by atoms with Gasteiger partial charge in [0, 0.05) is 5.69 Å². The van der Waals surface area contributed by atoms with E-state index in [9.17, 15) is 27.6 Å². The third-order valence-corrected chi connectivity index (χ3v) is 5.75. The lowest BCUT2D eigenvalue weighted by molar-refractivity contribution is -0.141. The summed E-state index contributed by atoms with van der Waals surface area (Å²) >= 11 is 0.865. The van der Waals surface area contributed by atoms with Gasteiger partial charge in [-0.25, -0.2) is 9.59 Å². The van der Waals surface area contributed by atoms with Crippen molar-refractivity contribution < 1.29 is 37.0 Å². The Hall–Kier alpha value is -2.89. The number of aryl methyl sites for hydroxylation is 1. The summed E-state index contributed by atoms with van der Waals surface area (Å²) in [7, 11) is 1.19. The average Bonchev–Trinajstić information content (AvgIpc) is 3.25. The van der Waals surface area contributed by atoms with Gasteiger partial charge < -0.3 is 14.8 Å². The summed E-state index contributed by atoms with van der Waals surface area (Å²) in [4.78, 5) is 37.4. The number of aromatic nitrogens is 2. The molecule has 0 spiro atoms. The van der Waals surface area contributed by atoms with Crippen LogP contribution in [0, 0.1) is 19.8 Å². The number of anilines is 1. The van der Waals surface area contributed by atoms with Gasteiger partial charge in [0.15, 0.2) is 5.69 Å². The summed E-state index contributed by atoms with van der Waals surface area (Å²) in [5.41, 5.74) is -0.441. The van der Waals surface area contributed by atoms with Crippen LogP contribution in [-0.4, -0.2) is 41.3 Å². The number of hydrogen-bond donors (Lipinski definition) is 1. The molecular formula is C20H24F3N3O5S. The molecule has 2 aromatic rings. The summed E-state index contributed by atoms with van der Waals surface area (Å²) < 4.78 is 49.6. The third kappa shape index (κ3) is 5.67. The summed E-state index contributed by atoms with van der Waals surface area (Å²) in [6.07, 6.45) is -4.01. The molecule has 0 saturated carbocycles. The van der Waals surface area contributed by atoms with Crippen molar-refractivity contribution in [1.82, 2.24) is 9.78 Å². The SMILES string of the molecule is CCCOC(=O)c1c(NC(=O)C(C)Cn2nc(C(F)(F)F)cc2C)sc(C(=O)OC)c1C. The second-order valence-electron chi connectivity index (χ2n) is 7.13. The number of halogens is 3. The van der Waals surface area contributed by atoms with E-state index < -0.39 is 35.6 Å². The molecule has 176 valence electrons. The molecule has 0 aliphatic heterocycles. The standard InChI is InChI=1S/C20H24F3N3O5S/c1-6-7-31-18(28)14-12(4)15(19(29)30-5)32-17(14)24-16(27)10(2)9-26-11(3)8-13(25-26)20(21,22)23/h8,10H,6-7,9H2,1-5H3,(H,24,27). The van der Waals surface area contributed by atoms with Crippen molar-refractivity contribution in [3.8, 4) is 0 Å². The fourth-order valence-electron chi connectivity index (χ4n) is 2.81. The van der Waals surface area contributed by atoms with Gasteiger partial charge in [0.2, 0.25) is 5.91 Å². The molecule has 0 aliphatic rings. The number of nitrogens with zero attached hydrogens (tertiary/aromatic N) is 2. The van der Waals surface area contributed by atoms with Crippen LogP contribution in [-0.2, 0) is 27.0 Å². The van der Waals surface area contributed by atoms with Crippen molar-refractivity contribution in [3.05, 3.63) is 33.5 Å². The van der Waals surface area contributed by atoms with Crippen molar-refractivity contribution in [2.75, 3.05) is 19.0 Å². The number of ether oxygens (including phenoxy) is 2. The highest BCUT2D eigenvalue weighted by Gasteiger charge is 2.35. The lowest BCUT2D eigenvalue weighted by atomic mass is 10.1. The van der Waals surface area contributed by atoms with Gasteiger partial charge in [-0.3, -0.25) is 9.48 Å². The Morgan fingerprint density at radius 3 is 2.44 bits per heavy atom. The summed E-state index contributed by atoms with van der Waals surface area (Å²) in [6, 6.07) is 0.901. The third-order valence-electron chi connectivity index (χ3n) is 4.56. The molecule has 2 heterocycles. The fraction of sp³-hybridized carbons (Fsp3) is 0.500. The van der Waals surface area contributed by atoms with E-state index in [-0.39, 0.29) is 34.3 Å². The Labute approximate surface area is 186 Å². The van der Waals surface area contributed by atoms with Crippen LogP contribution in [0.4, 0.5) is 18.2 Å². The van der Waals surface area contributed by atoms with Gasteiger partial charge in [-0.1, -0.05) is 13.8 Å². The minimum Gasteiger partial charge on any atom is -0.465 e. The van der Waals surface area contributed by atoms with Crippen LogP contribution >= 0.6 is 11.3 Å². The Kier molecular flexibility index (Phi) is 8.05. The van der Waals surface area contributed by atoms with E-state index >= 15 is 0 Å². The molecule has 0 aromatic carbocycles. The monoisotopic (exact) mass is 475 g/mol.